The van der Waals surface area contributed by atoms with Crippen molar-refractivity contribution in [3.05, 3.63) is 70.6 Å². The van der Waals surface area contributed by atoms with Gasteiger partial charge < -0.3 is 10.1 Å². The number of nitrogens with zero attached hydrogens (tertiary/aromatic N) is 3. The average molecular weight is 531 g/mol. The molecule has 192 valence electrons. The van der Waals surface area contributed by atoms with Crippen LogP contribution < -0.4 is 5.32 Å². The summed E-state index contributed by atoms with van der Waals surface area (Å²) in [5, 5.41) is 8.14. The third-order valence-corrected chi connectivity index (χ3v) is 8.53. The van der Waals surface area contributed by atoms with Gasteiger partial charge in [-0.25, -0.2) is 18.1 Å². The molecule has 0 saturated carbocycles. The molecule has 1 atom stereocenters. The van der Waals surface area contributed by atoms with E-state index in [-0.39, 0.29) is 28.6 Å². The second-order valence-electron chi connectivity index (χ2n) is 9.11. The number of pyridine rings is 1. The minimum atomic E-state index is -3.49. The lowest BCUT2D eigenvalue weighted by Gasteiger charge is -2.22. The zero-order valence-electron chi connectivity index (χ0n) is 20.5. The summed E-state index contributed by atoms with van der Waals surface area (Å²) in [4.78, 5) is 17.4. The van der Waals surface area contributed by atoms with Crippen molar-refractivity contribution in [3.63, 3.8) is 0 Å². The van der Waals surface area contributed by atoms with Crippen LogP contribution in [0.25, 0.3) is 5.69 Å². The van der Waals surface area contributed by atoms with Crippen LogP contribution in [-0.4, -0.2) is 48.1 Å². The number of carbonyl (C=O) groups excluding carboxylic acids is 1. The number of benzene rings is 1. The SMILES string of the molecule is CCCC(NC(=O)c1cnn(-c2ccc(Cl)cc2)c1C)c1ccc(S(=O)(=O)CC2CCOCC2)nc1. The minimum absolute atomic E-state index is 0.0689. The summed E-state index contributed by atoms with van der Waals surface area (Å²) in [6.07, 6.45) is 6.11. The van der Waals surface area contributed by atoms with E-state index in [4.69, 9.17) is 16.3 Å². The highest BCUT2D eigenvalue weighted by Gasteiger charge is 2.25. The number of amides is 1. The predicted octanol–water partition coefficient (Wildman–Crippen LogP) is 4.70. The quantitative estimate of drug-likeness (QED) is 0.430. The standard InChI is InChI=1S/C26H31ClN4O4S/c1-3-4-24(20-5-10-25(28-15-20)36(33,34)17-19-11-13-35-14-12-19)30-26(32)23-16-29-31(18(23)2)22-8-6-21(27)7-9-22/h5-10,15-16,19,24H,3-4,11-14,17H2,1-2H3,(H,30,32). The first-order chi connectivity index (χ1) is 17.3. The normalized spacial score (nSPS) is 15.5. The molecule has 8 nitrogen and oxygen atoms in total. The van der Waals surface area contributed by atoms with Gasteiger partial charge >= 0.3 is 0 Å². The first-order valence-electron chi connectivity index (χ1n) is 12.2. The van der Waals surface area contributed by atoms with Gasteiger partial charge in [0.05, 0.1) is 34.9 Å². The van der Waals surface area contributed by atoms with Gasteiger partial charge in [0.1, 0.15) is 0 Å². The summed E-state index contributed by atoms with van der Waals surface area (Å²) in [7, 11) is -3.49. The van der Waals surface area contributed by atoms with Crippen molar-refractivity contribution in [1.29, 1.82) is 0 Å². The molecule has 1 aliphatic rings. The van der Waals surface area contributed by atoms with Gasteiger partial charge in [-0.05, 0) is 68.0 Å². The number of ether oxygens (including phenoxy) is 1. The highest BCUT2D eigenvalue weighted by atomic mass is 35.5. The predicted molar refractivity (Wildman–Crippen MR) is 138 cm³/mol. The largest absolute Gasteiger partial charge is 0.381 e. The molecule has 3 heterocycles. The van der Waals surface area contributed by atoms with Crippen molar-refractivity contribution in [3.8, 4) is 5.69 Å². The number of rotatable bonds is 9. The van der Waals surface area contributed by atoms with Crippen molar-refractivity contribution >= 4 is 27.3 Å². The van der Waals surface area contributed by atoms with Crippen LogP contribution in [0.3, 0.4) is 0 Å². The highest BCUT2D eigenvalue weighted by Crippen LogP contribution is 2.24. The van der Waals surface area contributed by atoms with E-state index < -0.39 is 9.84 Å². The van der Waals surface area contributed by atoms with E-state index in [9.17, 15) is 13.2 Å². The third-order valence-electron chi connectivity index (χ3n) is 6.48. The van der Waals surface area contributed by atoms with E-state index in [1.807, 2.05) is 26.0 Å². The second kappa shape index (κ2) is 11.5. The van der Waals surface area contributed by atoms with E-state index in [1.165, 1.54) is 0 Å². The van der Waals surface area contributed by atoms with Crippen LogP contribution in [0.4, 0.5) is 0 Å². The van der Waals surface area contributed by atoms with Crippen molar-refractivity contribution in [2.45, 2.75) is 50.6 Å². The van der Waals surface area contributed by atoms with Gasteiger partial charge in [-0.15, -0.1) is 0 Å². The molecule has 36 heavy (non-hydrogen) atoms. The summed E-state index contributed by atoms with van der Waals surface area (Å²) < 4.78 is 32.7. The summed E-state index contributed by atoms with van der Waals surface area (Å²) in [5.41, 5.74) is 2.74. The smallest absolute Gasteiger partial charge is 0.255 e. The molecule has 1 saturated heterocycles. The topological polar surface area (TPSA) is 103 Å². The molecule has 1 N–H and O–H groups in total. The number of sulfone groups is 1. The lowest BCUT2D eigenvalue weighted by atomic mass is 10.0. The zero-order chi connectivity index (χ0) is 25.7. The Balaban J connectivity index is 1.48. The van der Waals surface area contributed by atoms with Crippen LogP contribution in [0.5, 0.6) is 0 Å². The van der Waals surface area contributed by atoms with E-state index >= 15 is 0 Å². The Morgan fingerprint density at radius 3 is 2.53 bits per heavy atom. The molecule has 0 radical (unpaired) electrons. The lowest BCUT2D eigenvalue weighted by Crippen LogP contribution is -2.29. The minimum Gasteiger partial charge on any atom is -0.381 e. The van der Waals surface area contributed by atoms with Crippen LogP contribution in [0, 0.1) is 12.8 Å². The maximum Gasteiger partial charge on any atom is 0.255 e. The Morgan fingerprint density at radius 1 is 1.17 bits per heavy atom. The number of carbonyl (C=O) groups is 1. The van der Waals surface area contributed by atoms with Crippen LogP contribution >= 0.6 is 11.6 Å². The molecule has 4 rings (SSSR count). The van der Waals surface area contributed by atoms with Gasteiger partial charge in [0.15, 0.2) is 14.9 Å². The van der Waals surface area contributed by atoms with E-state index in [2.05, 4.69) is 15.4 Å². The van der Waals surface area contributed by atoms with Gasteiger partial charge in [-0.3, -0.25) is 4.79 Å². The molecular formula is C26H31ClN4O4S. The van der Waals surface area contributed by atoms with E-state index in [0.29, 0.717) is 35.9 Å². The molecule has 10 heteroatoms. The molecule has 1 aliphatic heterocycles. The molecule has 3 aromatic rings. The number of hydrogen-bond donors (Lipinski definition) is 1. The average Bonchev–Trinajstić information content (AvgIpc) is 3.26. The number of halogens is 1. The van der Waals surface area contributed by atoms with E-state index in [0.717, 1.165) is 30.5 Å². The van der Waals surface area contributed by atoms with Gasteiger partial charge in [0, 0.05) is 24.4 Å². The van der Waals surface area contributed by atoms with Crippen LogP contribution in [0.15, 0.2) is 53.8 Å². The Hall–Kier alpha value is -2.75. The fourth-order valence-electron chi connectivity index (χ4n) is 4.41. The highest BCUT2D eigenvalue weighted by molar-refractivity contribution is 7.91. The van der Waals surface area contributed by atoms with Gasteiger partial charge in [0.25, 0.3) is 5.91 Å². The second-order valence-corrected chi connectivity index (χ2v) is 11.5. The molecule has 1 aromatic carbocycles. The first-order valence-corrected chi connectivity index (χ1v) is 14.2. The summed E-state index contributed by atoms with van der Waals surface area (Å²) in [5.74, 6) is -0.0777. The molecule has 0 aliphatic carbocycles. The Bertz CT molecular complexity index is 1280. The van der Waals surface area contributed by atoms with Gasteiger partial charge in [0.2, 0.25) is 0 Å². The summed E-state index contributed by atoms with van der Waals surface area (Å²) >= 11 is 5.98. The van der Waals surface area contributed by atoms with Gasteiger partial charge in [-0.2, -0.15) is 5.10 Å². The van der Waals surface area contributed by atoms with Crippen molar-refractivity contribution in [1.82, 2.24) is 20.1 Å². The van der Waals surface area contributed by atoms with Crippen LogP contribution in [0.1, 0.15) is 60.3 Å². The fraction of sp³-hybridized carbons (Fsp3) is 0.423. The lowest BCUT2D eigenvalue weighted by molar-refractivity contribution is 0.0723. The molecule has 1 amide bonds. The monoisotopic (exact) mass is 530 g/mol. The summed E-state index contributed by atoms with van der Waals surface area (Å²) in [6.45, 7) is 5.07. The van der Waals surface area contributed by atoms with E-state index in [1.54, 1.807) is 41.3 Å². The van der Waals surface area contributed by atoms with Crippen molar-refractivity contribution < 1.29 is 17.9 Å². The number of nitrogens with one attached hydrogen (secondary N) is 1. The van der Waals surface area contributed by atoms with Crippen LogP contribution in [-0.2, 0) is 14.6 Å². The number of aromatic nitrogens is 3. The summed E-state index contributed by atoms with van der Waals surface area (Å²) in [6, 6.07) is 10.2. The molecule has 0 bridgehead atoms. The zero-order valence-corrected chi connectivity index (χ0v) is 22.1. The van der Waals surface area contributed by atoms with Crippen molar-refractivity contribution in [2.75, 3.05) is 19.0 Å². The molecule has 1 fully saturated rings. The van der Waals surface area contributed by atoms with Crippen molar-refractivity contribution in [2.24, 2.45) is 5.92 Å². The van der Waals surface area contributed by atoms with Crippen LogP contribution in [0.2, 0.25) is 5.02 Å². The van der Waals surface area contributed by atoms with Gasteiger partial charge in [-0.1, -0.05) is 31.0 Å². The third kappa shape index (κ3) is 6.14. The Kier molecular flexibility index (Phi) is 8.43. The maximum atomic E-state index is 13.2. The molecule has 2 aromatic heterocycles. The molecular weight excluding hydrogens is 500 g/mol. The Labute approximate surface area is 216 Å². The number of hydrogen-bond acceptors (Lipinski definition) is 6. The molecule has 0 spiro atoms. The Morgan fingerprint density at radius 2 is 1.89 bits per heavy atom. The first kappa shape index (κ1) is 26.3. The maximum absolute atomic E-state index is 13.2. The fourth-order valence-corrected chi connectivity index (χ4v) is 6.15. The molecule has 1 unspecified atom stereocenters.